The van der Waals surface area contributed by atoms with E-state index in [1.165, 1.54) is 23.7 Å². The monoisotopic (exact) mass is 530 g/mol. The highest BCUT2D eigenvalue weighted by Crippen LogP contribution is 2.35. The van der Waals surface area contributed by atoms with Gasteiger partial charge in [-0.2, -0.15) is 17.2 Å². The fourth-order valence-corrected chi connectivity index (χ4v) is 6.09. The average molecular weight is 531 g/mol. The fourth-order valence-electron chi connectivity index (χ4n) is 3.85. The number of nitrogens with zero attached hydrogens (tertiary/aromatic N) is 3. The van der Waals surface area contributed by atoms with Crippen LogP contribution in [0.2, 0.25) is 0 Å². The van der Waals surface area contributed by atoms with Crippen molar-refractivity contribution in [1.82, 2.24) is 14.9 Å². The lowest BCUT2D eigenvalue weighted by Crippen LogP contribution is -2.37. The van der Waals surface area contributed by atoms with Gasteiger partial charge in [0.15, 0.2) is 5.58 Å². The van der Waals surface area contributed by atoms with Gasteiger partial charge in [-0.3, -0.25) is 4.57 Å². The van der Waals surface area contributed by atoms with Crippen LogP contribution in [0.15, 0.2) is 56.0 Å². The van der Waals surface area contributed by atoms with Crippen molar-refractivity contribution in [2.75, 3.05) is 10.4 Å². The van der Waals surface area contributed by atoms with E-state index in [9.17, 15) is 26.4 Å². The Balaban J connectivity index is 1.58. The maximum absolute atomic E-state index is 15.0. The van der Waals surface area contributed by atoms with E-state index in [1.807, 2.05) is 0 Å². The van der Waals surface area contributed by atoms with Crippen LogP contribution in [-0.2, 0) is 29.0 Å². The van der Waals surface area contributed by atoms with Gasteiger partial charge in [0.2, 0.25) is 5.13 Å². The van der Waals surface area contributed by atoms with Gasteiger partial charge in [-0.25, -0.2) is 14.2 Å². The molecular formula is C20H14ClF3N4O4S2. The molecule has 0 fully saturated rings. The largest absolute Gasteiger partial charge is 0.420 e. The Bertz CT molecular complexity index is 1570. The summed E-state index contributed by atoms with van der Waals surface area (Å²) in [7, 11) is -4.56. The first-order chi connectivity index (χ1) is 16.1. The molecule has 4 aromatic rings. The van der Waals surface area contributed by atoms with Gasteiger partial charge in [-0.1, -0.05) is 18.2 Å². The molecule has 14 heteroatoms. The van der Waals surface area contributed by atoms with Gasteiger partial charge in [-0.05, 0) is 11.1 Å². The standard InChI is InChI=1S/C20H14ClF3N4O4S2/c21-28(18-26-4-5-33-18)34(30,31)17-7-16-15(6-14(17)22)27(19(29)32-16)9-11-2-1-3-13-12(11)8-25-10-20(13,23)24/h1-7,25H,8-10H2. The number of benzene rings is 2. The SMILES string of the molecule is O=c1oc2cc(S(=O)(=O)N(Cl)c3nccs3)c(F)cc2n1Cc1cccc2c1CNCC2(F)F. The lowest BCUT2D eigenvalue weighted by molar-refractivity contribution is -0.0109. The number of rotatable bonds is 5. The van der Waals surface area contributed by atoms with Crippen LogP contribution in [0.5, 0.6) is 0 Å². The van der Waals surface area contributed by atoms with Crippen molar-refractivity contribution in [3.05, 3.63) is 75.0 Å². The van der Waals surface area contributed by atoms with Gasteiger partial charge in [0.1, 0.15) is 10.7 Å². The van der Waals surface area contributed by atoms with Gasteiger partial charge in [-0.15, -0.1) is 15.2 Å². The van der Waals surface area contributed by atoms with Crippen molar-refractivity contribution in [1.29, 1.82) is 0 Å². The van der Waals surface area contributed by atoms with Crippen molar-refractivity contribution in [2.24, 2.45) is 0 Å². The van der Waals surface area contributed by atoms with Gasteiger partial charge < -0.3 is 9.73 Å². The number of thiazole rings is 1. The Morgan fingerprint density at radius 3 is 2.85 bits per heavy atom. The second-order valence-electron chi connectivity index (χ2n) is 7.49. The van der Waals surface area contributed by atoms with Gasteiger partial charge >= 0.3 is 5.76 Å². The fraction of sp³-hybridized carbons (Fsp3) is 0.200. The highest BCUT2D eigenvalue weighted by molar-refractivity contribution is 7.94. The number of hydrogen-bond acceptors (Lipinski definition) is 7. The van der Waals surface area contributed by atoms with E-state index in [-0.39, 0.29) is 34.9 Å². The second kappa shape index (κ2) is 8.12. The van der Waals surface area contributed by atoms with Crippen LogP contribution in [0.3, 0.4) is 0 Å². The van der Waals surface area contributed by atoms with Crippen LogP contribution >= 0.6 is 23.1 Å². The number of anilines is 1. The summed E-state index contributed by atoms with van der Waals surface area (Å²) in [5, 5.41) is 4.04. The molecule has 0 bridgehead atoms. The van der Waals surface area contributed by atoms with Crippen molar-refractivity contribution >= 4 is 49.4 Å². The Morgan fingerprint density at radius 1 is 1.32 bits per heavy atom. The normalized spacial score (nSPS) is 15.4. The lowest BCUT2D eigenvalue weighted by Gasteiger charge is -2.27. The molecule has 0 aliphatic carbocycles. The molecule has 1 aliphatic heterocycles. The van der Waals surface area contributed by atoms with E-state index in [4.69, 9.17) is 16.2 Å². The summed E-state index contributed by atoms with van der Waals surface area (Å²) >= 11 is 6.82. The molecule has 3 heterocycles. The summed E-state index contributed by atoms with van der Waals surface area (Å²) in [6.07, 6.45) is 1.33. The lowest BCUT2D eigenvalue weighted by atomic mass is 9.93. The summed E-state index contributed by atoms with van der Waals surface area (Å²) in [6, 6.07) is 6.06. The molecule has 2 aromatic heterocycles. The van der Waals surface area contributed by atoms with Crippen LogP contribution in [0.1, 0.15) is 16.7 Å². The van der Waals surface area contributed by atoms with Crippen LogP contribution in [0, 0.1) is 5.82 Å². The maximum atomic E-state index is 15.0. The van der Waals surface area contributed by atoms with Crippen LogP contribution in [0.25, 0.3) is 11.1 Å². The zero-order valence-electron chi connectivity index (χ0n) is 17.0. The quantitative estimate of drug-likeness (QED) is 0.394. The minimum Gasteiger partial charge on any atom is -0.408 e. The molecule has 0 saturated carbocycles. The predicted molar refractivity (Wildman–Crippen MR) is 119 cm³/mol. The predicted octanol–water partition coefficient (Wildman–Crippen LogP) is 3.78. The third kappa shape index (κ3) is 3.68. The van der Waals surface area contributed by atoms with Crippen molar-refractivity contribution in [3.8, 4) is 0 Å². The third-order valence-corrected chi connectivity index (χ3v) is 8.57. The molecule has 2 aromatic carbocycles. The van der Waals surface area contributed by atoms with Gasteiger partial charge in [0.05, 0.1) is 18.6 Å². The number of aromatic nitrogens is 2. The number of oxazole rings is 1. The molecule has 5 rings (SSSR count). The summed E-state index contributed by atoms with van der Waals surface area (Å²) in [5.74, 6) is -5.15. The summed E-state index contributed by atoms with van der Waals surface area (Å²) in [5.41, 5.74) is 0.365. The van der Waals surface area contributed by atoms with Crippen LogP contribution in [-0.4, -0.2) is 24.5 Å². The number of halogens is 4. The van der Waals surface area contributed by atoms with Crippen molar-refractivity contribution in [2.45, 2.75) is 23.9 Å². The zero-order chi connectivity index (χ0) is 24.3. The van der Waals surface area contributed by atoms with E-state index in [0.29, 0.717) is 15.0 Å². The van der Waals surface area contributed by atoms with Crippen molar-refractivity contribution in [3.63, 3.8) is 0 Å². The summed E-state index contributed by atoms with van der Waals surface area (Å²) in [4.78, 5) is 15.5. The Labute approximate surface area is 199 Å². The van der Waals surface area contributed by atoms with Crippen LogP contribution in [0.4, 0.5) is 18.3 Å². The molecule has 34 heavy (non-hydrogen) atoms. The number of hydrogen-bond donors (Lipinski definition) is 1. The minimum atomic E-state index is -4.56. The first-order valence-corrected chi connectivity index (χ1v) is 12.4. The topological polar surface area (TPSA) is 97.4 Å². The molecule has 0 saturated heterocycles. The molecule has 0 atom stereocenters. The average Bonchev–Trinajstić information content (AvgIpc) is 3.42. The molecule has 0 spiro atoms. The van der Waals surface area contributed by atoms with E-state index in [0.717, 1.165) is 28.0 Å². The molecule has 0 radical (unpaired) electrons. The Morgan fingerprint density at radius 2 is 2.12 bits per heavy atom. The molecule has 0 unspecified atom stereocenters. The molecule has 0 amide bonds. The summed E-state index contributed by atoms with van der Waals surface area (Å²) < 4.78 is 75.7. The highest BCUT2D eigenvalue weighted by Gasteiger charge is 2.37. The second-order valence-corrected chi connectivity index (χ2v) is 10.7. The molecule has 8 nitrogen and oxygen atoms in total. The van der Waals surface area contributed by atoms with Gasteiger partial charge in [0.25, 0.3) is 15.9 Å². The zero-order valence-corrected chi connectivity index (χ0v) is 19.4. The summed E-state index contributed by atoms with van der Waals surface area (Å²) in [6.45, 7) is -0.511. The van der Waals surface area contributed by atoms with E-state index < -0.39 is 39.0 Å². The smallest absolute Gasteiger partial charge is 0.408 e. The highest BCUT2D eigenvalue weighted by atomic mass is 35.5. The Hall–Kier alpha value is -2.87. The first kappa shape index (κ1) is 22.9. The molecule has 178 valence electrons. The number of alkyl halides is 2. The maximum Gasteiger partial charge on any atom is 0.420 e. The van der Waals surface area contributed by atoms with E-state index >= 15 is 0 Å². The first-order valence-electron chi connectivity index (χ1n) is 9.73. The molecular weight excluding hydrogens is 517 g/mol. The van der Waals surface area contributed by atoms with Gasteiger partial charge in [0, 0.05) is 47.6 Å². The van der Waals surface area contributed by atoms with E-state index in [2.05, 4.69) is 10.3 Å². The minimum absolute atomic E-state index is 0.0371. The van der Waals surface area contributed by atoms with Crippen LogP contribution < -0.4 is 14.9 Å². The number of sulfonamides is 1. The van der Waals surface area contributed by atoms with E-state index in [1.54, 1.807) is 6.07 Å². The third-order valence-electron chi connectivity index (χ3n) is 5.42. The molecule has 1 N–H and O–H groups in total. The Kier molecular flexibility index (Phi) is 5.47. The van der Waals surface area contributed by atoms with Crippen molar-refractivity contribution < 1.29 is 26.0 Å². The number of fused-ring (bicyclic) bond motifs is 2. The number of nitrogens with one attached hydrogen (secondary N) is 1. The molecule has 1 aliphatic rings.